The van der Waals surface area contributed by atoms with Crippen molar-refractivity contribution in [2.24, 2.45) is 0 Å². The van der Waals surface area contributed by atoms with Crippen LogP contribution in [0.1, 0.15) is 39.4 Å². The molecule has 0 radical (unpaired) electrons. The SMILES string of the molecule is CC(O)c1ccc(NC(=O)OC(C)(C)C)cc1. The van der Waals surface area contributed by atoms with Crippen molar-refractivity contribution in [1.29, 1.82) is 0 Å². The molecule has 0 saturated carbocycles. The zero-order valence-corrected chi connectivity index (χ0v) is 10.7. The van der Waals surface area contributed by atoms with Gasteiger partial charge in [0.25, 0.3) is 0 Å². The number of aliphatic hydroxyl groups is 1. The molecule has 0 fully saturated rings. The molecule has 0 aliphatic carbocycles. The van der Waals surface area contributed by atoms with Crippen LogP contribution in [-0.2, 0) is 4.74 Å². The zero-order valence-electron chi connectivity index (χ0n) is 10.7. The average molecular weight is 237 g/mol. The van der Waals surface area contributed by atoms with Crippen LogP contribution in [0.2, 0.25) is 0 Å². The molecular formula is C13H19NO3. The molecule has 1 amide bonds. The second kappa shape index (κ2) is 5.19. The van der Waals surface area contributed by atoms with Gasteiger partial charge in [0.05, 0.1) is 6.10 Å². The molecule has 4 nitrogen and oxygen atoms in total. The van der Waals surface area contributed by atoms with Gasteiger partial charge in [-0.2, -0.15) is 0 Å². The van der Waals surface area contributed by atoms with Crippen molar-refractivity contribution in [3.05, 3.63) is 29.8 Å². The number of hydrogen-bond acceptors (Lipinski definition) is 3. The second-order valence-corrected chi connectivity index (χ2v) is 4.92. The van der Waals surface area contributed by atoms with Crippen LogP contribution in [0.25, 0.3) is 0 Å². The van der Waals surface area contributed by atoms with E-state index < -0.39 is 17.8 Å². The summed E-state index contributed by atoms with van der Waals surface area (Å²) >= 11 is 0. The number of amides is 1. The summed E-state index contributed by atoms with van der Waals surface area (Å²) in [6, 6.07) is 6.98. The molecule has 0 saturated heterocycles. The molecular weight excluding hydrogens is 218 g/mol. The van der Waals surface area contributed by atoms with Crippen molar-refractivity contribution in [3.63, 3.8) is 0 Å². The maximum Gasteiger partial charge on any atom is 0.412 e. The minimum atomic E-state index is -0.510. The molecule has 17 heavy (non-hydrogen) atoms. The van der Waals surface area contributed by atoms with Crippen LogP contribution >= 0.6 is 0 Å². The number of carbonyl (C=O) groups excluding carboxylic acids is 1. The van der Waals surface area contributed by atoms with Crippen molar-refractivity contribution in [2.45, 2.75) is 39.4 Å². The summed E-state index contributed by atoms with van der Waals surface area (Å²) in [5.74, 6) is 0. The van der Waals surface area contributed by atoms with Gasteiger partial charge in [-0.15, -0.1) is 0 Å². The number of anilines is 1. The molecule has 94 valence electrons. The summed E-state index contributed by atoms with van der Waals surface area (Å²) in [5.41, 5.74) is 0.937. The molecule has 0 bridgehead atoms. The van der Waals surface area contributed by atoms with Gasteiger partial charge in [0.15, 0.2) is 0 Å². The summed E-state index contributed by atoms with van der Waals surface area (Å²) in [7, 11) is 0. The Kier molecular flexibility index (Phi) is 4.12. The van der Waals surface area contributed by atoms with E-state index in [4.69, 9.17) is 4.74 Å². The van der Waals surface area contributed by atoms with Gasteiger partial charge in [-0.05, 0) is 45.4 Å². The molecule has 0 heterocycles. The third-order valence-corrected chi connectivity index (χ3v) is 2.04. The molecule has 1 rings (SSSR count). The smallest absolute Gasteiger partial charge is 0.412 e. The standard InChI is InChI=1S/C13H19NO3/c1-9(15)10-5-7-11(8-6-10)14-12(16)17-13(2,3)4/h5-9,15H,1-4H3,(H,14,16). The van der Waals surface area contributed by atoms with Crippen LogP contribution in [0.15, 0.2) is 24.3 Å². The van der Waals surface area contributed by atoms with Gasteiger partial charge >= 0.3 is 6.09 Å². The highest BCUT2D eigenvalue weighted by Crippen LogP contribution is 2.16. The Morgan fingerprint density at radius 3 is 2.24 bits per heavy atom. The summed E-state index contributed by atoms with van der Waals surface area (Å²) in [6.07, 6.45) is -0.993. The van der Waals surface area contributed by atoms with E-state index in [-0.39, 0.29) is 0 Å². The third-order valence-electron chi connectivity index (χ3n) is 2.04. The molecule has 0 aliphatic heterocycles. The van der Waals surface area contributed by atoms with E-state index in [1.165, 1.54) is 0 Å². The highest BCUT2D eigenvalue weighted by Gasteiger charge is 2.16. The Bertz CT molecular complexity index is 377. The van der Waals surface area contributed by atoms with Gasteiger partial charge in [0, 0.05) is 5.69 Å². The number of rotatable bonds is 2. The molecule has 2 N–H and O–H groups in total. The second-order valence-electron chi connectivity index (χ2n) is 4.92. The Hall–Kier alpha value is -1.55. The monoisotopic (exact) mass is 237 g/mol. The van der Waals surface area contributed by atoms with E-state index in [2.05, 4.69) is 5.32 Å². The lowest BCUT2D eigenvalue weighted by Crippen LogP contribution is -2.27. The van der Waals surface area contributed by atoms with Crippen molar-refractivity contribution in [2.75, 3.05) is 5.32 Å². The summed E-state index contributed by atoms with van der Waals surface area (Å²) < 4.78 is 5.12. The van der Waals surface area contributed by atoms with E-state index in [9.17, 15) is 9.90 Å². The van der Waals surface area contributed by atoms with Gasteiger partial charge < -0.3 is 9.84 Å². The van der Waals surface area contributed by atoms with Gasteiger partial charge in [-0.25, -0.2) is 4.79 Å². The number of benzene rings is 1. The topological polar surface area (TPSA) is 58.6 Å². The number of ether oxygens (including phenoxy) is 1. The highest BCUT2D eigenvalue weighted by molar-refractivity contribution is 5.84. The fourth-order valence-electron chi connectivity index (χ4n) is 1.27. The molecule has 1 aromatic rings. The van der Waals surface area contributed by atoms with Crippen molar-refractivity contribution < 1.29 is 14.6 Å². The quantitative estimate of drug-likeness (QED) is 0.831. The maximum atomic E-state index is 11.5. The maximum absolute atomic E-state index is 11.5. The summed E-state index contributed by atoms with van der Waals surface area (Å²) in [5, 5.41) is 12.0. The van der Waals surface area contributed by atoms with E-state index in [0.29, 0.717) is 5.69 Å². The van der Waals surface area contributed by atoms with Crippen molar-refractivity contribution in [3.8, 4) is 0 Å². The number of aliphatic hydroxyl groups excluding tert-OH is 1. The van der Waals surface area contributed by atoms with Gasteiger partial charge in [-0.3, -0.25) is 5.32 Å². The van der Waals surface area contributed by atoms with Crippen LogP contribution in [0, 0.1) is 0 Å². The molecule has 0 spiro atoms. The average Bonchev–Trinajstić information content (AvgIpc) is 2.15. The highest BCUT2D eigenvalue weighted by atomic mass is 16.6. The minimum absolute atomic E-state index is 0.484. The molecule has 0 aliphatic rings. The largest absolute Gasteiger partial charge is 0.444 e. The number of nitrogens with one attached hydrogen (secondary N) is 1. The third kappa shape index (κ3) is 4.87. The van der Waals surface area contributed by atoms with Gasteiger partial charge in [-0.1, -0.05) is 12.1 Å². The normalized spacial score (nSPS) is 13.0. The van der Waals surface area contributed by atoms with Crippen LogP contribution in [-0.4, -0.2) is 16.8 Å². The van der Waals surface area contributed by atoms with Gasteiger partial charge in [0.2, 0.25) is 0 Å². The Morgan fingerprint density at radius 2 is 1.82 bits per heavy atom. The molecule has 1 unspecified atom stereocenters. The van der Waals surface area contributed by atoms with E-state index in [1.54, 1.807) is 31.2 Å². The predicted octanol–water partition coefficient (Wildman–Crippen LogP) is 3.09. The lowest BCUT2D eigenvalue weighted by molar-refractivity contribution is 0.0636. The zero-order chi connectivity index (χ0) is 13.1. The van der Waals surface area contributed by atoms with Crippen LogP contribution in [0.4, 0.5) is 10.5 Å². The molecule has 1 atom stereocenters. The Labute approximate surface area is 102 Å². The first-order valence-corrected chi connectivity index (χ1v) is 5.56. The lowest BCUT2D eigenvalue weighted by atomic mass is 10.1. The fourth-order valence-corrected chi connectivity index (χ4v) is 1.27. The fraction of sp³-hybridized carbons (Fsp3) is 0.462. The van der Waals surface area contributed by atoms with Crippen molar-refractivity contribution in [1.82, 2.24) is 0 Å². The Morgan fingerprint density at radius 1 is 1.29 bits per heavy atom. The Balaban J connectivity index is 2.61. The lowest BCUT2D eigenvalue weighted by Gasteiger charge is -2.19. The van der Waals surface area contributed by atoms with Crippen LogP contribution < -0.4 is 5.32 Å². The van der Waals surface area contributed by atoms with Crippen molar-refractivity contribution >= 4 is 11.8 Å². The van der Waals surface area contributed by atoms with Gasteiger partial charge in [0.1, 0.15) is 5.60 Å². The molecule has 0 aromatic heterocycles. The van der Waals surface area contributed by atoms with Crippen LogP contribution in [0.5, 0.6) is 0 Å². The first kappa shape index (κ1) is 13.5. The number of hydrogen-bond donors (Lipinski definition) is 2. The molecule has 4 heteroatoms. The minimum Gasteiger partial charge on any atom is -0.444 e. The first-order valence-electron chi connectivity index (χ1n) is 5.56. The van der Waals surface area contributed by atoms with Crippen LogP contribution in [0.3, 0.4) is 0 Å². The van der Waals surface area contributed by atoms with E-state index in [1.807, 2.05) is 20.8 Å². The number of carbonyl (C=O) groups is 1. The van der Waals surface area contributed by atoms with E-state index >= 15 is 0 Å². The summed E-state index contributed by atoms with van der Waals surface area (Å²) in [6.45, 7) is 7.12. The first-order chi connectivity index (χ1) is 7.78. The van der Waals surface area contributed by atoms with E-state index in [0.717, 1.165) is 5.56 Å². The summed E-state index contributed by atoms with van der Waals surface area (Å²) in [4.78, 5) is 11.5. The molecule has 1 aromatic carbocycles. The predicted molar refractivity (Wildman–Crippen MR) is 66.9 cm³/mol.